The average molecular weight is 224 g/mol. The van der Waals surface area contributed by atoms with Gasteiger partial charge in [-0.15, -0.1) is 0 Å². The Hall–Kier alpha value is -1.26. The largest absolute Gasteiger partial charge is 0.481 e. The van der Waals surface area contributed by atoms with Crippen molar-refractivity contribution in [2.24, 2.45) is 5.73 Å². The molecule has 0 aliphatic heterocycles. The molecule has 0 aliphatic rings. The molecule has 0 fully saturated rings. The number of hydrogen-bond donors (Lipinski definition) is 6. The van der Waals surface area contributed by atoms with E-state index in [1.165, 1.54) is 0 Å². The standard InChI is InChI=1S/C6H12N2O7/c7-3(1-4(9)10)5(11)15-2-8-6(12,13)14/h3,8,12-14H,1-2,7H2,(H,9,10)/t3-/m0/s1. The highest BCUT2D eigenvalue weighted by Crippen LogP contribution is 1.92. The van der Waals surface area contributed by atoms with Crippen molar-refractivity contribution in [1.29, 1.82) is 0 Å². The number of rotatable bonds is 6. The number of ether oxygens (including phenoxy) is 1. The molecule has 0 amide bonds. The zero-order chi connectivity index (χ0) is 12.1. The summed E-state index contributed by atoms with van der Waals surface area (Å²) >= 11 is 0. The van der Waals surface area contributed by atoms with Crippen LogP contribution in [-0.2, 0) is 14.3 Å². The van der Waals surface area contributed by atoms with Crippen molar-refractivity contribution in [2.45, 2.75) is 18.6 Å². The van der Waals surface area contributed by atoms with Gasteiger partial charge < -0.3 is 30.9 Å². The van der Waals surface area contributed by atoms with Crippen LogP contribution >= 0.6 is 0 Å². The molecule has 0 bridgehead atoms. The smallest absolute Gasteiger partial charge is 0.345 e. The third-order valence-corrected chi connectivity index (χ3v) is 1.22. The number of carbonyl (C=O) groups excluding carboxylic acids is 1. The Balaban J connectivity index is 3.79. The second-order valence-corrected chi connectivity index (χ2v) is 2.62. The van der Waals surface area contributed by atoms with E-state index in [0.717, 1.165) is 0 Å². The first-order valence-corrected chi connectivity index (χ1v) is 3.78. The van der Waals surface area contributed by atoms with Gasteiger partial charge in [0.25, 0.3) is 0 Å². The number of nitrogens with two attached hydrogens (primary N) is 1. The van der Waals surface area contributed by atoms with Crippen LogP contribution in [0.2, 0.25) is 0 Å². The number of carboxylic acid groups (broad SMARTS) is 1. The fourth-order valence-electron chi connectivity index (χ4n) is 0.583. The Bertz CT molecular complexity index is 236. The maximum atomic E-state index is 10.9. The van der Waals surface area contributed by atoms with Crippen LogP contribution in [0.5, 0.6) is 0 Å². The molecular formula is C6H12N2O7. The molecule has 0 aromatic carbocycles. The summed E-state index contributed by atoms with van der Waals surface area (Å²) in [5.74, 6) is -2.32. The number of hydrogen-bond acceptors (Lipinski definition) is 8. The molecule has 0 saturated heterocycles. The third kappa shape index (κ3) is 7.78. The molecule has 88 valence electrons. The number of aliphatic carboxylic acids is 1. The van der Waals surface area contributed by atoms with Crippen molar-refractivity contribution in [3.63, 3.8) is 0 Å². The second-order valence-electron chi connectivity index (χ2n) is 2.62. The van der Waals surface area contributed by atoms with Crippen LogP contribution in [0.3, 0.4) is 0 Å². The first-order chi connectivity index (χ1) is 6.72. The number of carboxylic acids is 1. The summed E-state index contributed by atoms with van der Waals surface area (Å²) in [6.45, 7) is -0.727. The maximum Gasteiger partial charge on any atom is 0.345 e. The van der Waals surface area contributed by atoms with Gasteiger partial charge >= 0.3 is 18.0 Å². The average Bonchev–Trinajstić information content (AvgIpc) is 2.00. The topological polar surface area (TPSA) is 162 Å². The maximum absolute atomic E-state index is 10.9. The molecule has 0 aromatic rings. The highest BCUT2D eigenvalue weighted by molar-refractivity contribution is 5.81. The molecule has 15 heavy (non-hydrogen) atoms. The quantitative estimate of drug-likeness (QED) is 0.198. The summed E-state index contributed by atoms with van der Waals surface area (Å²) in [6, 6.07) is -1.35. The summed E-state index contributed by atoms with van der Waals surface area (Å²) in [5, 5.41) is 34.7. The van der Waals surface area contributed by atoms with Crippen molar-refractivity contribution in [1.82, 2.24) is 5.32 Å². The number of aliphatic hydroxyl groups is 3. The van der Waals surface area contributed by atoms with E-state index in [2.05, 4.69) is 4.74 Å². The molecular weight excluding hydrogens is 212 g/mol. The van der Waals surface area contributed by atoms with Crippen molar-refractivity contribution < 1.29 is 34.8 Å². The zero-order valence-electron chi connectivity index (χ0n) is 7.58. The SMILES string of the molecule is N[C@@H](CC(=O)O)C(=O)OCNC(O)(O)O. The summed E-state index contributed by atoms with van der Waals surface area (Å²) in [6.07, 6.45) is -3.78. The molecule has 0 radical (unpaired) electrons. The van der Waals surface area contributed by atoms with E-state index in [4.69, 9.17) is 26.2 Å². The molecule has 9 nitrogen and oxygen atoms in total. The van der Waals surface area contributed by atoms with E-state index >= 15 is 0 Å². The highest BCUT2D eigenvalue weighted by Gasteiger charge is 2.21. The molecule has 0 spiro atoms. The first kappa shape index (κ1) is 13.7. The van der Waals surface area contributed by atoms with Gasteiger partial charge in [-0.1, -0.05) is 0 Å². The molecule has 1 atom stereocenters. The zero-order valence-corrected chi connectivity index (χ0v) is 7.58. The Kier molecular flexibility index (Phi) is 5.11. The van der Waals surface area contributed by atoms with E-state index in [1.807, 2.05) is 0 Å². The number of nitrogens with one attached hydrogen (secondary N) is 1. The van der Waals surface area contributed by atoms with Crippen molar-refractivity contribution in [2.75, 3.05) is 6.73 Å². The Morgan fingerprint density at radius 2 is 1.93 bits per heavy atom. The van der Waals surface area contributed by atoms with Gasteiger partial charge in [-0.3, -0.25) is 9.59 Å². The summed E-state index contributed by atoms with van der Waals surface area (Å²) in [7, 11) is 0. The Morgan fingerprint density at radius 3 is 2.33 bits per heavy atom. The van der Waals surface area contributed by atoms with Gasteiger partial charge in [0.1, 0.15) is 12.8 Å². The van der Waals surface area contributed by atoms with Crippen LogP contribution in [-0.4, -0.2) is 51.2 Å². The minimum atomic E-state index is -3.17. The molecule has 0 unspecified atom stereocenters. The number of esters is 1. The van der Waals surface area contributed by atoms with Gasteiger partial charge in [-0.2, -0.15) is 0 Å². The molecule has 9 heteroatoms. The third-order valence-electron chi connectivity index (χ3n) is 1.22. The minimum absolute atomic E-state index is 0.610. The van der Waals surface area contributed by atoms with Crippen LogP contribution in [0.25, 0.3) is 0 Å². The highest BCUT2D eigenvalue weighted by atomic mass is 16.7. The van der Waals surface area contributed by atoms with E-state index < -0.39 is 37.2 Å². The van der Waals surface area contributed by atoms with E-state index in [1.54, 1.807) is 5.32 Å². The predicted octanol–water partition coefficient (Wildman–Crippen LogP) is -3.53. The Labute approximate surface area is 84.1 Å². The van der Waals surface area contributed by atoms with Gasteiger partial charge in [0, 0.05) is 0 Å². The van der Waals surface area contributed by atoms with Crippen molar-refractivity contribution in [3.05, 3.63) is 0 Å². The fraction of sp³-hybridized carbons (Fsp3) is 0.667. The van der Waals surface area contributed by atoms with Gasteiger partial charge in [-0.05, 0) is 0 Å². The Morgan fingerprint density at radius 1 is 1.40 bits per heavy atom. The molecule has 0 saturated carbocycles. The lowest BCUT2D eigenvalue weighted by atomic mass is 10.2. The second kappa shape index (κ2) is 5.58. The summed E-state index contributed by atoms with van der Waals surface area (Å²) in [4.78, 5) is 21.0. The summed E-state index contributed by atoms with van der Waals surface area (Å²) < 4.78 is 4.26. The molecule has 0 heterocycles. The van der Waals surface area contributed by atoms with Crippen LogP contribution < -0.4 is 11.1 Å². The molecule has 7 N–H and O–H groups in total. The van der Waals surface area contributed by atoms with Gasteiger partial charge in [0.2, 0.25) is 0 Å². The minimum Gasteiger partial charge on any atom is -0.481 e. The summed E-state index contributed by atoms with van der Waals surface area (Å²) in [5.41, 5.74) is 5.10. The van der Waals surface area contributed by atoms with Gasteiger partial charge in [-0.25, -0.2) is 5.32 Å². The van der Waals surface area contributed by atoms with Crippen LogP contribution in [0.15, 0.2) is 0 Å². The van der Waals surface area contributed by atoms with E-state index in [0.29, 0.717) is 0 Å². The van der Waals surface area contributed by atoms with Crippen LogP contribution in [0, 0.1) is 0 Å². The fourth-order valence-corrected chi connectivity index (χ4v) is 0.583. The molecule has 0 aliphatic carbocycles. The first-order valence-electron chi connectivity index (χ1n) is 3.78. The lowest BCUT2D eigenvalue weighted by Crippen LogP contribution is -2.47. The van der Waals surface area contributed by atoms with Gasteiger partial charge in [0.05, 0.1) is 6.42 Å². The van der Waals surface area contributed by atoms with Crippen molar-refractivity contribution >= 4 is 11.9 Å². The lowest BCUT2D eigenvalue weighted by Gasteiger charge is -2.16. The molecule has 0 aromatic heterocycles. The van der Waals surface area contributed by atoms with Gasteiger partial charge in [0.15, 0.2) is 0 Å². The predicted molar refractivity (Wildman–Crippen MR) is 43.7 cm³/mol. The van der Waals surface area contributed by atoms with E-state index in [-0.39, 0.29) is 0 Å². The van der Waals surface area contributed by atoms with E-state index in [9.17, 15) is 9.59 Å². The number of carbonyl (C=O) groups is 2. The lowest BCUT2D eigenvalue weighted by molar-refractivity contribution is -0.336. The normalized spacial score (nSPS) is 13.3. The van der Waals surface area contributed by atoms with Crippen LogP contribution in [0.4, 0.5) is 0 Å². The van der Waals surface area contributed by atoms with Crippen molar-refractivity contribution in [3.8, 4) is 0 Å². The van der Waals surface area contributed by atoms with Crippen LogP contribution in [0.1, 0.15) is 6.42 Å². The molecule has 0 rings (SSSR count). The monoisotopic (exact) mass is 224 g/mol.